The maximum absolute atomic E-state index is 5.96. The highest BCUT2D eigenvalue weighted by Crippen LogP contribution is 2.55. The summed E-state index contributed by atoms with van der Waals surface area (Å²) < 4.78 is 11.3. The minimum Gasteiger partial charge on any atom is -0.381 e. The molecule has 0 aromatic rings. The minimum atomic E-state index is 0.480. The molecule has 1 spiro atoms. The molecule has 0 radical (unpaired) electrons. The van der Waals surface area contributed by atoms with Crippen LogP contribution in [0.2, 0.25) is 0 Å². The first-order valence-corrected chi connectivity index (χ1v) is 7.69. The molecule has 0 saturated heterocycles. The Morgan fingerprint density at radius 1 is 1.17 bits per heavy atom. The molecule has 104 valence electrons. The third-order valence-corrected chi connectivity index (χ3v) is 5.55. The molecule has 3 aliphatic rings. The molecule has 18 heavy (non-hydrogen) atoms. The van der Waals surface area contributed by atoms with Crippen molar-refractivity contribution in [1.29, 1.82) is 0 Å². The van der Waals surface area contributed by atoms with Gasteiger partial charge in [0.1, 0.15) is 0 Å². The number of hydrogen-bond donors (Lipinski definition) is 1. The van der Waals surface area contributed by atoms with Crippen molar-refractivity contribution in [2.24, 2.45) is 5.41 Å². The van der Waals surface area contributed by atoms with Crippen LogP contribution in [0.3, 0.4) is 0 Å². The van der Waals surface area contributed by atoms with Crippen LogP contribution >= 0.6 is 0 Å². The predicted molar refractivity (Wildman–Crippen MR) is 71.7 cm³/mol. The second kappa shape index (κ2) is 5.10. The van der Waals surface area contributed by atoms with Gasteiger partial charge in [-0.2, -0.15) is 0 Å². The Labute approximate surface area is 111 Å². The van der Waals surface area contributed by atoms with E-state index in [1.807, 2.05) is 7.11 Å². The van der Waals surface area contributed by atoms with Crippen LogP contribution in [0.4, 0.5) is 0 Å². The number of hydrogen-bond acceptors (Lipinski definition) is 3. The van der Waals surface area contributed by atoms with Crippen LogP contribution in [-0.4, -0.2) is 38.0 Å². The lowest BCUT2D eigenvalue weighted by Crippen LogP contribution is -2.66. The first kappa shape index (κ1) is 12.9. The van der Waals surface area contributed by atoms with Crippen LogP contribution in [0.25, 0.3) is 0 Å². The molecular weight excluding hydrogens is 226 g/mol. The molecule has 3 saturated carbocycles. The molecule has 2 unspecified atom stereocenters. The molecule has 0 heterocycles. The molecule has 3 heteroatoms. The van der Waals surface area contributed by atoms with Crippen LogP contribution in [0, 0.1) is 5.41 Å². The van der Waals surface area contributed by atoms with E-state index in [1.54, 1.807) is 0 Å². The van der Waals surface area contributed by atoms with Gasteiger partial charge in [0.25, 0.3) is 0 Å². The Hall–Kier alpha value is -0.120. The van der Waals surface area contributed by atoms with E-state index in [2.05, 4.69) is 12.2 Å². The van der Waals surface area contributed by atoms with Gasteiger partial charge in [0.05, 0.1) is 12.2 Å². The van der Waals surface area contributed by atoms with Gasteiger partial charge in [-0.1, -0.05) is 12.8 Å². The van der Waals surface area contributed by atoms with Crippen LogP contribution in [0.15, 0.2) is 0 Å². The maximum atomic E-state index is 5.96. The average Bonchev–Trinajstić information content (AvgIpc) is 2.82. The number of nitrogens with one attached hydrogen (secondary N) is 1. The Morgan fingerprint density at radius 2 is 1.89 bits per heavy atom. The molecule has 3 nitrogen and oxygen atoms in total. The SMILES string of the molecule is CCOC1CC(NC2CC(OC)C2)C12CCCC2. The van der Waals surface area contributed by atoms with E-state index in [-0.39, 0.29) is 0 Å². The summed E-state index contributed by atoms with van der Waals surface area (Å²) in [5, 5.41) is 3.88. The summed E-state index contributed by atoms with van der Waals surface area (Å²) in [5.74, 6) is 0. The topological polar surface area (TPSA) is 30.5 Å². The van der Waals surface area contributed by atoms with Crippen molar-refractivity contribution in [2.75, 3.05) is 13.7 Å². The Kier molecular flexibility index (Phi) is 3.65. The van der Waals surface area contributed by atoms with Crippen molar-refractivity contribution in [3.05, 3.63) is 0 Å². The third-order valence-electron chi connectivity index (χ3n) is 5.55. The summed E-state index contributed by atoms with van der Waals surface area (Å²) >= 11 is 0. The Balaban J connectivity index is 1.54. The maximum Gasteiger partial charge on any atom is 0.0661 e. The van der Waals surface area contributed by atoms with E-state index in [9.17, 15) is 0 Å². The van der Waals surface area contributed by atoms with Gasteiger partial charge in [0.2, 0.25) is 0 Å². The summed E-state index contributed by atoms with van der Waals surface area (Å²) in [6.45, 7) is 2.99. The lowest BCUT2D eigenvalue weighted by atomic mass is 9.60. The summed E-state index contributed by atoms with van der Waals surface area (Å²) in [7, 11) is 1.83. The summed E-state index contributed by atoms with van der Waals surface area (Å²) in [4.78, 5) is 0. The quantitative estimate of drug-likeness (QED) is 0.816. The molecule has 3 fully saturated rings. The molecule has 0 bridgehead atoms. The number of ether oxygens (including phenoxy) is 2. The zero-order valence-electron chi connectivity index (χ0n) is 11.8. The fourth-order valence-electron chi connectivity index (χ4n) is 4.30. The van der Waals surface area contributed by atoms with Gasteiger partial charge >= 0.3 is 0 Å². The van der Waals surface area contributed by atoms with E-state index in [0.29, 0.717) is 29.7 Å². The monoisotopic (exact) mass is 253 g/mol. The third kappa shape index (κ3) is 2.00. The molecule has 0 amide bonds. The van der Waals surface area contributed by atoms with Crippen molar-refractivity contribution in [3.8, 4) is 0 Å². The highest BCUT2D eigenvalue weighted by molar-refractivity contribution is 5.11. The van der Waals surface area contributed by atoms with Gasteiger partial charge in [0.15, 0.2) is 0 Å². The van der Waals surface area contributed by atoms with Gasteiger partial charge in [-0.3, -0.25) is 0 Å². The number of rotatable bonds is 5. The first-order chi connectivity index (χ1) is 8.78. The van der Waals surface area contributed by atoms with E-state index in [0.717, 1.165) is 6.61 Å². The van der Waals surface area contributed by atoms with E-state index in [4.69, 9.17) is 9.47 Å². The van der Waals surface area contributed by atoms with Crippen molar-refractivity contribution < 1.29 is 9.47 Å². The zero-order valence-corrected chi connectivity index (χ0v) is 11.8. The lowest BCUT2D eigenvalue weighted by Gasteiger charge is -2.56. The average molecular weight is 253 g/mol. The molecule has 1 N–H and O–H groups in total. The molecule has 2 atom stereocenters. The van der Waals surface area contributed by atoms with Crippen molar-refractivity contribution in [3.63, 3.8) is 0 Å². The molecule has 0 aromatic carbocycles. The highest BCUT2D eigenvalue weighted by atomic mass is 16.5. The number of methoxy groups -OCH3 is 1. The molecule has 0 aromatic heterocycles. The lowest BCUT2D eigenvalue weighted by molar-refractivity contribution is -0.137. The van der Waals surface area contributed by atoms with Gasteiger partial charge in [0, 0.05) is 31.2 Å². The highest BCUT2D eigenvalue weighted by Gasteiger charge is 2.57. The smallest absolute Gasteiger partial charge is 0.0661 e. The Morgan fingerprint density at radius 3 is 2.50 bits per heavy atom. The Bertz CT molecular complexity index is 282. The largest absolute Gasteiger partial charge is 0.381 e. The van der Waals surface area contributed by atoms with Crippen molar-refractivity contribution in [1.82, 2.24) is 5.32 Å². The molecule has 3 rings (SSSR count). The normalized spacial score (nSPS) is 41.7. The van der Waals surface area contributed by atoms with Gasteiger partial charge in [-0.15, -0.1) is 0 Å². The van der Waals surface area contributed by atoms with Crippen molar-refractivity contribution in [2.45, 2.75) is 76.2 Å². The minimum absolute atomic E-state index is 0.480. The second-order valence-electron chi connectivity index (χ2n) is 6.37. The van der Waals surface area contributed by atoms with E-state index >= 15 is 0 Å². The van der Waals surface area contributed by atoms with Crippen LogP contribution in [-0.2, 0) is 9.47 Å². The predicted octanol–water partition coefficient (Wildman–Crippen LogP) is 2.49. The summed E-state index contributed by atoms with van der Waals surface area (Å²) in [6, 6.07) is 1.40. The first-order valence-electron chi connectivity index (χ1n) is 7.69. The zero-order chi connectivity index (χ0) is 12.6. The molecule has 3 aliphatic carbocycles. The molecule has 0 aliphatic heterocycles. The summed E-state index contributed by atoms with van der Waals surface area (Å²) in [5.41, 5.74) is 0.480. The van der Waals surface area contributed by atoms with Gasteiger partial charge in [-0.05, 0) is 39.0 Å². The van der Waals surface area contributed by atoms with Crippen LogP contribution in [0.5, 0.6) is 0 Å². The van der Waals surface area contributed by atoms with Gasteiger partial charge in [-0.25, -0.2) is 0 Å². The standard InChI is InChI=1S/C15H27NO2/c1-3-18-14-10-13(15(14)6-4-5-7-15)16-11-8-12(9-11)17-2/h11-14,16H,3-10H2,1-2H3. The molecular formula is C15H27NO2. The van der Waals surface area contributed by atoms with Crippen LogP contribution in [0.1, 0.15) is 51.9 Å². The second-order valence-corrected chi connectivity index (χ2v) is 6.37. The fraction of sp³-hybridized carbons (Fsp3) is 1.00. The van der Waals surface area contributed by atoms with Gasteiger partial charge < -0.3 is 14.8 Å². The van der Waals surface area contributed by atoms with E-state index < -0.39 is 0 Å². The summed E-state index contributed by atoms with van der Waals surface area (Å²) in [6.07, 6.45) is 10.2. The van der Waals surface area contributed by atoms with Crippen LogP contribution < -0.4 is 5.32 Å². The van der Waals surface area contributed by atoms with Crippen molar-refractivity contribution >= 4 is 0 Å². The van der Waals surface area contributed by atoms with E-state index in [1.165, 1.54) is 44.9 Å². The fourth-order valence-corrected chi connectivity index (χ4v) is 4.30.